The molecule has 0 aliphatic heterocycles. The van der Waals surface area contributed by atoms with Gasteiger partial charge in [-0.15, -0.1) is 0 Å². The molecule has 1 atom stereocenters. The van der Waals surface area contributed by atoms with E-state index < -0.39 is 18.5 Å². The summed E-state index contributed by atoms with van der Waals surface area (Å²) in [5, 5.41) is 12.2. The van der Waals surface area contributed by atoms with Gasteiger partial charge in [0.15, 0.2) is 6.61 Å². The standard InChI is InChI=1S/C25H31N3O3/c1-17(2)11-12-28-18(3)13-22(20(28)5)14-23(15-26)25(30)31-16-24(29)27-19(4)21-9-7-6-8-10-21/h6-10,13-14,17,19H,11-12,16H2,1-5H3,(H,27,29)/b23-14+/t19-/m1/s1. The van der Waals surface area contributed by atoms with E-state index in [2.05, 4.69) is 23.7 Å². The van der Waals surface area contributed by atoms with Gasteiger partial charge in [-0.3, -0.25) is 4.79 Å². The minimum atomic E-state index is -0.808. The second-order valence-corrected chi connectivity index (χ2v) is 8.11. The fraction of sp³-hybridized carbons (Fsp3) is 0.400. The maximum absolute atomic E-state index is 12.4. The molecule has 0 bridgehead atoms. The van der Waals surface area contributed by atoms with Crippen molar-refractivity contribution in [2.45, 2.75) is 53.6 Å². The van der Waals surface area contributed by atoms with E-state index in [1.807, 2.05) is 63.2 Å². The first kappa shape index (κ1) is 23.9. The topological polar surface area (TPSA) is 84.1 Å². The normalized spacial score (nSPS) is 12.4. The molecule has 6 heteroatoms. The van der Waals surface area contributed by atoms with E-state index in [-0.39, 0.29) is 11.6 Å². The van der Waals surface area contributed by atoms with Crippen LogP contribution in [-0.2, 0) is 20.9 Å². The van der Waals surface area contributed by atoms with E-state index in [0.717, 1.165) is 35.5 Å². The molecule has 1 heterocycles. The molecule has 0 spiro atoms. The first-order valence-electron chi connectivity index (χ1n) is 10.5. The Morgan fingerprint density at radius 2 is 1.87 bits per heavy atom. The number of nitriles is 1. The number of hydrogen-bond acceptors (Lipinski definition) is 4. The number of ether oxygens (including phenoxy) is 1. The predicted octanol–water partition coefficient (Wildman–Crippen LogP) is 4.48. The summed E-state index contributed by atoms with van der Waals surface area (Å²) in [6.45, 7) is 10.6. The molecule has 0 aliphatic carbocycles. The van der Waals surface area contributed by atoms with Crippen molar-refractivity contribution < 1.29 is 14.3 Å². The molecule has 2 rings (SSSR count). The second kappa shape index (κ2) is 11.2. The van der Waals surface area contributed by atoms with Gasteiger partial charge in [-0.2, -0.15) is 5.26 Å². The van der Waals surface area contributed by atoms with Crippen molar-refractivity contribution in [1.82, 2.24) is 9.88 Å². The minimum absolute atomic E-state index is 0.131. The number of hydrogen-bond donors (Lipinski definition) is 1. The highest BCUT2D eigenvalue weighted by Gasteiger charge is 2.17. The number of rotatable bonds is 9. The molecule has 0 saturated carbocycles. The Morgan fingerprint density at radius 1 is 1.19 bits per heavy atom. The summed E-state index contributed by atoms with van der Waals surface area (Å²) < 4.78 is 7.26. The number of nitrogens with zero attached hydrogens (tertiary/aromatic N) is 2. The molecular formula is C25H31N3O3. The average Bonchev–Trinajstić information content (AvgIpc) is 3.01. The molecule has 1 aromatic heterocycles. The van der Waals surface area contributed by atoms with Gasteiger partial charge < -0.3 is 14.6 Å². The molecule has 0 fully saturated rings. The summed E-state index contributed by atoms with van der Waals surface area (Å²) in [5.41, 5.74) is 3.69. The Labute approximate surface area is 184 Å². The summed E-state index contributed by atoms with van der Waals surface area (Å²) in [6.07, 6.45) is 2.57. The Balaban J connectivity index is 2.00. The third-order valence-electron chi connectivity index (χ3n) is 5.19. The minimum Gasteiger partial charge on any atom is -0.451 e. The van der Waals surface area contributed by atoms with Crippen LogP contribution in [0, 0.1) is 31.1 Å². The van der Waals surface area contributed by atoms with Crippen LogP contribution < -0.4 is 5.32 Å². The zero-order chi connectivity index (χ0) is 23.0. The fourth-order valence-corrected chi connectivity index (χ4v) is 3.31. The smallest absolute Gasteiger partial charge is 0.349 e. The van der Waals surface area contributed by atoms with E-state index in [0.29, 0.717) is 5.92 Å². The van der Waals surface area contributed by atoms with Crippen molar-refractivity contribution in [3.05, 3.63) is 64.5 Å². The van der Waals surface area contributed by atoms with Crippen molar-refractivity contribution in [2.75, 3.05) is 6.61 Å². The van der Waals surface area contributed by atoms with Gasteiger partial charge >= 0.3 is 5.97 Å². The molecule has 0 unspecified atom stereocenters. The van der Waals surface area contributed by atoms with Gasteiger partial charge in [0.2, 0.25) is 0 Å². The van der Waals surface area contributed by atoms with Crippen LogP contribution in [0.5, 0.6) is 0 Å². The maximum atomic E-state index is 12.4. The molecule has 164 valence electrons. The van der Waals surface area contributed by atoms with Gasteiger partial charge in [0.1, 0.15) is 11.6 Å². The Hall–Kier alpha value is -3.33. The summed E-state index contributed by atoms with van der Waals surface area (Å²) in [4.78, 5) is 24.5. The van der Waals surface area contributed by atoms with Crippen molar-refractivity contribution in [3.63, 3.8) is 0 Å². The number of carbonyl (C=O) groups is 2. The third-order valence-corrected chi connectivity index (χ3v) is 5.19. The van der Waals surface area contributed by atoms with Crippen molar-refractivity contribution in [1.29, 1.82) is 5.26 Å². The van der Waals surface area contributed by atoms with Crippen LogP contribution in [0.2, 0.25) is 0 Å². The molecule has 0 aliphatic rings. The zero-order valence-electron chi connectivity index (χ0n) is 18.9. The van der Waals surface area contributed by atoms with Crippen molar-refractivity contribution >= 4 is 18.0 Å². The SMILES string of the molecule is Cc1cc(/C=C(\C#N)C(=O)OCC(=O)N[C@H](C)c2ccccc2)c(C)n1CCC(C)C. The number of aryl methyl sites for hydroxylation is 1. The van der Waals surface area contributed by atoms with Crippen LogP contribution in [0.25, 0.3) is 6.08 Å². The third kappa shape index (κ3) is 6.85. The van der Waals surface area contributed by atoms with Gasteiger partial charge in [-0.05, 0) is 56.4 Å². The highest BCUT2D eigenvalue weighted by atomic mass is 16.5. The lowest BCUT2D eigenvalue weighted by molar-refractivity contribution is -0.144. The first-order valence-corrected chi connectivity index (χ1v) is 10.5. The van der Waals surface area contributed by atoms with Crippen LogP contribution in [0.3, 0.4) is 0 Å². The molecular weight excluding hydrogens is 390 g/mol. The molecule has 31 heavy (non-hydrogen) atoms. The highest BCUT2D eigenvalue weighted by molar-refractivity contribution is 5.99. The van der Waals surface area contributed by atoms with E-state index in [1.165, 1.54) is 6.08 Å². The van der Waals surface area contributed by atoms with Crippen LogP contribution in [0.15, 0.2) is 42.0 Å². The lowest BCUT2D eigenvalue weighted by Gasteiger charge is -2.14. The number of carbonyl (C=O) groups excluding carboxylic acids is 2. The van der Waals surface area contributed by atoms with Crippen LogP contribution in [-0.4, -0.2) is 23.1 Å². The maximum Gasteiger partial charge on any atom is 0.349 e. The van der Waals surface area contributed by atoms with E-state index in [4.69, 9.17) is 4.74 Å². The summed E-state index contributed by atoms with van der Waals surface area (Å²) in [6, 6.07) is 13.1. The number of esters is 1. The zero-order valence-corrected chi connectivity index (χ0v) is 18.9. The lowest BCUT2D eigenvalue weighted by atomic mass is 10.1. The first-order chi connectivity index (χ1) is 14.7. The van der Waals surface area contributed by atoms with Gasteiger partial charge in [0.05, 0.1) is 6.04 Å². The lowest BCUT2D eigenvalue weighted by Crippen LogP contribution is -2.31. The summed E-state index contributed by atoms with van der Waals surface area (Å²) >= 11 is 0. The molecule has 0 saturated heterocycles. The second-order valence-electron chi connectivity index (χ2n) is 8.11. The molecule has 1 N–H and O–H groups in total. The van der Waals surface area contributed by atoms with Gasteiger partial charge in [0, 0.05) is 17.9 Å². The molecule has 1 amide bonds. The monoisotopic (exact) mass is 421 g/mol. The Bertz CT molecular complexity index is 981. The molecule has 1 aromatic carbocycles. The number of nitrogens with one attached hydrogen (secondary N) is 1. The van der Waals surface area contributed by atoms with Crippen molar-refractivity contribution in [2.24, 2.45) is 5.92 Å². The van der Waals surface area contributed by atoms with Gasteiger partial charge in [0.25, 0.3) is 5.91 Å². The fourth-order valence-electron chi connectivity index (χ4n) is 3.31. The van der Waals surface area contributed by atoms with Gasteiger partial charge in [-0.25, -0.2) is 4.79 Å². The van der Waals surface area contributed by atoms with E-state index >= 15 is 0 Å². The molecule has 6 nitrogen and oxygen atoms in total. The Kier molecular flexibility index (Phi) is 8.63. The highest BCUT2D eigenvalue weighted by Crippen LogP contribution is 2.20. The van der Waals surface area contributed by atoms with Crippen LogP contribution >= 0.6 is 0 Å². The summed E-state index contributed by atoms with van der Waals surface area (Å²) in [5.74, 6) is -0.647. The number of aromatic nitrogens is 1. The van der Waals surface area contributed by atoms with Gasteiger partial charge in [-0.1, -0.05) is 44.2 Å². The average molecular weight is 422 g/mol. The Morgan fingerprint density at radius 3 is 2.48 bits per heavy atom. The van der Waals surface area contributed by atoms with E-state index in [1.54, 1.807) is 0 Å². The largest absolute Gasteiger partial charge is 0.451 e. The van der Waals surface area contributed by atoms with Crippen LogP contribution in [0.1, 0.15) is 55.7 Å². The van der Waals surface area contributed by atoms with E-state index in [9.17, 15) is 14.9 Å². The quantitative estimate of drug-likeness (QED) is 0.368. The predicted molar refractivity (Wildman–Crippen MR) is 121 cm³/mol. The molecule has 2 aromatic rings. The van der Waals surface area contributed by atoms with Crippen molar-refractivity contribution in [3.8, 4) is 6.07 Å². The molecule has 0 radical (unpaired) electrons. The number of amides is 1. The number of benzene rings is 1. The van der Waals surface area contributed by atoms with Crippen LogP contribution in [0.4, 0.5) is 0 Å². The summed E-state index contributed by atoms with van der Waals surface area (Å²) in [7, 11) is 0.